The highest BCUT2D eigenvalue weighted by atomic mass is 16.5. The second kappa shape index (κ2) is 5.25. The zero-order valence-corrected chi connectivity index (χ0v) is 13.8. The van der Waals surface area contributed by atoms with Crippen molar-refractivity contribution in [3.05, 3.63) is 23.8 Å². The summed E-state index contributed by atoms with van der Waals surface area (Å²) in [6.07, 6.45) is 1.07. The van der Waals surface area contributed by atoms with Crippen LogP contribution in [0.15, 0.2) is 18.2 Å². The quantitative estimate of drug-likeness (QED) is 0.904. The van der Waals surface area contributed by atoms with E-state index in [1.54, 1.807) is 18.7 Å². The summed E-state index contributed by atoms with van der Waals surface area (Å²) in [4.78, 5) is 16.4. The van der Waals surface area contributed by atoms with Crippen LogP contribution in [-0.2, 0) is 4.79 Å². The lowest BCUT2D eigenvalue weighted by Crippen LogP contribution is -2.50. The van der Waals surface area contributed by atoms with Gasteiger partial charge >= 0.3 is 0 Å². The molecular weight excluding hydrogens is 278 g/mol. The molecule has 2 unspecified atom stereocenters. The van der Waals surface area contributed by atoms with Gasteiger partial charge in [0, 0.05) is 19.6 Å². The predicted octanol–water partition coefficient (Wildman–Crippen LogP) is 1.77. The van der Waals surface area contributed by atoms with Crippen molar-refractivity contribution >= 4 is 11.6 Å². The minimum atomic E-state index is -0.807. The highest BCUT2D eigenvalue weighted by Crippen LogP contribution is 2.41. The van der Waals surface area contributed by atoms with Gasteiger partial charge in [-0.25, -0.2) is 0 Å². The van der Waals surface area contributed by atoms with Gasteiger partial charge in [-0.1, -0.05) is 6.07 Å². The van der Waals surface area contributed by atoms with Crippen molar-refractivity contribution in [3.8, 4) is 5.75 Å². The molecule has 1 fully saturated rings. The number of rotatable bonds is 2. The molecular formula is C17H25N3O2. The van der Waals surface area contributed by atoms with Gasteiger partial charge in [0.1, 0.15) is 5.75 Å². The minimum absolute atomic E-state index is 0.0169. The number of likely N-dealkylation sites (N-methyl/N-ethyl adjacent to an activating group) is 1. The maximum atomic E-state index is 12.4. The van der Waals surface area contributed by atoms with Gasteiger partial charge in [0.2, 0.25) is 0 Å². The largest absolute Gasteiger partial charge is 0.476 e. The number of likely N-dealkylation sites (tertiary alicyclic amines) is 1. The first-order valence-corrected chi connectivity index (χ1v) is 7.85. The molecule has 0 saturated carbocycles. The zero-order chi connectivity index (χ0) is 16.1. The smallest absolute Gasteiger partial charge is 0.270 e. The third-order valence-electron chi connectivity index (χ3n) is 4.88. The molecule has 3 rings (SSSR count). The summed E-state index contributed by atoms with van der Waals surface area (Å²) >= 11 is 0. The lowest BCUT2D eigenvalue weighted by Gasteiger charge is -2.37. The third kappa shape index (κ3) is 2.38. The summed E-state index contributed by atoms with van der Waals surface area (Å²) in [6.45, 7) is 5.36. The molecule has 1 saturated heterocycles. The van der Waals surface area contributed by atoms with Crippen LogP contribution in [0.1, 0.15) is 31.9 Å². The van der Waals surface area contributed by atoms with Crippen molar-refractivity contribution in [3.63, 3.8) is 0 Å². The number of ether oxygens (including phenoxy) is 1. The van der Waals surface area contributed by atoms with Crippen molar-refractivity contribution in [2.75, 3.05) is 32.1 Å². The second-order valence-corrected chi connectivity index (χ2v) is 7.00. The molecule has 0 aliphatic carbocycles. The average Bonchev–Trinajstić information content (AvgIpc) is 2.86. The Labute approximate surface area is 132 Å². The number of anilines is 1. The average molecular weight is 303 g/mol. The number of carbonyl (C=O) groups is 1. The molecule has 2 atom stereocenters. The summed E-state index contributed by atoms with van der Waals surface area (Å²) in [7, 11) is 3.95. The van der Waals surface area contributed by atoms with Crippen LogP contribution in [0.2, 0.25) is 0 Å². The van der Waals surface area contributed by atoms with Crippen LogP contribution < -0.4 is 15.4 Å². The van der Waals surface area contributed by atoms with Crippen molar-refractivity contribution in [2.45, 2.75) is 31.9 Å². The van der Waals surface area contributed by atoms with Gasteiger partial charge in [-0.3, -0.25) is 9.69 Å². The van der Waals surface area contributed by atoms with Crippen LogP contribution in [0.5, 0.6) is 5.75 Å². The van der Waals surface area contributed by atoms with E-state index in [1.165, 1.54) is 5.56 Å². The van der Waals surface area contributed by atoms with Crippen LogP contribution in [-0.4, -0.2) is 43.6 Å². The Morgan fingerprint density at radius 1 is 1.36 bits per heavy atom. The SMILES string of the molecule is CN1C(=O)C(C)(C)Oc2ccc(C3CC(CN)CN3C)cc21. The van der Waals surface area contributed by atoms with E-state index in [-0.39, 0.29) is 5.91 Å². The maximum absolute atomic E-state index is 12.4. The first kappa shape index (κ1) is 15.3. The van der Waals surface area contributed by atoms with E-state index in [9.17, 15) is 4.79 Å². The molecule has 1 aromatic rings. The Morgan fingerprint density at radius 3 is 2.73 bits per heavy atom. The van der Waals surface area contributed by atoms with Crippen molar-refractivity contribution in [1.82, 2.24) is 4.90 Å². The summed E-state index contributed by atoms with van der Waals surface area (Å²) < 4.78 is 5.86. The fraction of sp³-hybridized carbons (Fsp3) is 0.588. The molecule has 120 valence electrons. The summed E-state index contributed by atoms with van der Waals surface area (Å²) in [6, 6.07) is 6.54. The van der Waals surface area contributed by atoms with Gasteiger partial charge in [-0.15, -0.1) is 0 Å². The third-order valence-corrected chi connectivity index (χ3v) is 4.88. The van der Waals surface area contributed by atoms with Gasteiger partial charge in [-0.05, 0) is 57.5 Å². The normalized spacial score (nSPS) is 27.7. The molecule has 5 nitrogen and oxygen atoms in total. The molecule has 2 aliphatic heterocycles. The Hall–Kier alpha value is -1.59. The monoisotopic (exact) mass is 303 g/mol. The van der Waals surface area contributed by atoms with Gasteiger partial charge in [0.25, 0.3) is 5.91 Å². The van der Waals surface area contributed by atoms with E-state index in [4.69, 9.17) is 10.5 Å². The van der Waals surface area contributed by atoms with Crippen LogP contribution in [0.25, 0.3) is 0 Å². The number of benzene rings is 1. The Kier molecular flexibility index (Phi) is 3.65. The topological polar surface area (TPSA) is 58.8 Å². The van der Waals surface area contributed by atoms with E-state index < -0.39 is 5.60 Å². The molecule has 1 amide bonds. The summed E-state index contributed by atoms with van der Waals surface area (Å²) in [5.74, 6) is 1.30. The van der Waals surface area contributed by atoms with Crippen molar-refractivity contribution < 1.29 is 9.53 Å². The summed E-state index contributed by atoms with van der Waals surface area (Å²) in [5, 5.41) is 0. The number of amides is 1. The first-order chi connectivity index (χ1) is 10.3. The van der Waals surface area contributed by atoms with Gasteiger partial charge in [-0.2, -0.15) is 0 Å². The molecule has 5 heteroatoms. The molecule has 2 aliphatic rings. The Morgan fingerprint density at radius 2 is 2.09 bits per heavy atom. The van der Waals surface area contributed by atoms with Crippen LogP contribution in [0.3, 0.4) is 0 Å². The maximum Gasteiger partial charge on any atom is 0.270 e. The molecule has 22 heavy (non-hydrogen) atoms. The molecule has 0 bridgehead atoms. The number of nitrogens with zero attached hydrogens (tertiary/aromatic N) is 2. The van der Waals surface area contributed by atoms with Crippen molar-refractivity contribution in [1.29, 1.82) is 0 Å². The lowest BCUT2D eigenvalue weighted by molar-refractivity contribution is -0.132. The molecule has 1 aromatic carbocycles. The highest BCUT2D eigenvalue weighted by Gasteiger charge is 2.40. The number of hydrogen-bond donors (Lipinski definition) is 1. The van der Waals surface area contributed by atoms with E-state index in [2.05, 4.69) is 24.1 Å². The van der Waals surface area contributed by atoms with Gasteiger partial charge in [0.05, 0.1) is 5.69 Å². The molecule has 2 N–H and O–H groups in total. The molecule has 0 spiro atoms. The summed E-state index contributed by atoms with van der Waals surface area (Å²) in [5.41, 5.74) is 7.09. The van der Waals surface area contributed by atoms with Crippen LogP contribution in [0.4, 0.5) is 5.69 Å². The highest BCUT2D eigenvalue weighted by molar-refractivity contribution is 6.01. The number of nitrogens with two attached hydrogens (primary N) is 1. The lowest BCUT2D eigenvalue weighted by atomic mass is 9.97. The van der Waals surface area contributed by atoms with Crippen LogP contribution >= 0.6 is 0 Å². The minimum Gasteiger partial charge on any atom is -0.476 e. The number of hydrogen-bond acceptors (Lipinski definition) is 4. The first-order valence-electron chi connectivity index (χ1n) is 7.85. The van der Waals surface area contributed by atoms with E-state index in [0.29, 0.717) is 12.0 Å². The predicted molar refractivity (Wildman–Crippen MR) is 87.1 cm³/mol. The molecule has 0 aromatic heterocycles. The van der Waals surface area contributed by atoms with Crippen LogP contribution in [0, 0.1) is 5.92 Å². The number of fused-ring (bicyclic) bond motifs is 1. The Balaban J connectivity index is 1.94. The zero-order valence-electron chi connectivity index (χ0n) is 13.8. The fourth-order valence-electron chi connectivity index (χ4n) is 3.59. The van der Waals surface area contributed by atoms with E-state index >= 15 is 0 Å². The Bertz CT molecular complexity index is 600. The van der Waals surface area contributed by atoms with Crippen molar-refractivity contribution in [2.24, 2.45) is 11.7 Å². The molecule has 0 radical (unpaired) electrons. The fourth-order valence-corrected chi connectivity index (χ4v) is 3.59. The number of carbonyl (C=O) groups excluding carboxylic acids is 1. The second-order valence-electron chi connectivity index (χ2n) is 7.00. The standard InChI is InChI=1S/C17H25N3O2/c1-17(2)16(21)20(4)14-8-12(5-6-15(14)22-17)13-7-11(9-18)10-19(13)3/h5-6,8,11,13H,7,9-10,18H2,1-4H3. The van der Waals surface area contributed by atoms with Gasteiger partial charge in [0.15, 0.2) is 5.60 Å². The molecule has 2 heterocycles. The van der Waals surface area contributed by atoms with E-state index in [0.717, 1.165) is 30.9 Å². The van der Waals surface area contributed by atoms with Gasteiger partial charge < -0.3 is 15.4 Å². The van der Waals surface area contributed by atoms with E-state index in [1.807, 2.05) is 13.1 Å².